The normalized spacial score (nSPS) is 20.8. The molecule has 1 saturated carbocycles. The monoisotopic (exact) mass is 254 g/mol. The van der Waals surface area contributed by atoms with Crippen LogP contribution in [0.4, 0.5) is 0 Å². The first-order valence-corrected chi connectivity index (χ1v) is 7.91. The summed E-state index contributed by atoms with van der Waals surface area (Å²) in [6.07, 6.45) is 5.82. The third-order valence-corrected chi connectivity index (χ3v) is 4.56. The third kappa shape index (κ3) is 5.71. The van der Waals surface area contributed by atoms with Gasteiger partial charge in [-0.05, 0) is 57.7 Å². The van der Waals surface area contributed by atoms with Gasteiger partial charge in [0.2, 0.25) is 0 Å². The molecule has 0 heterocycles. The summed E-state index contributed by atoms with van der Waals surface area (Å²) in [4.78, 5) is 2.58. The van der Waals surface area contributed by atoms with Crippen molar-refractivity contribution in [1.29, 1.82) is 0 Å². The number of nitrogens with zero attached hydrogens (tertiary/aromatic N) is 1. The Bertz CT molecular complexity index is 209. The predicted octanol–water partition coefficient (Wildman–Crippen LogP) is 3.38. The third-order valence-electron chi connectivity index (χ3n) is 4.56. The van der Waals surface area contributed by atoms with Crippen LogP contribution in [0.3, 0.4) is 0 Å². The standard InChI is InChI=1S/C16H34N2/c1-13(2)10-17-11-14(3)15(4)18(5)12-16-8-6-7-9-16/h13-17H,6-12H2,1-5H3. The van der Waals surface area contributed by atoms with Gasteiger partial charge < -0.3 is 10.2 Å². The Hall–Kier alpha value is -0.0800. The first-order valence-electron chi connectivity index (χ1n) is 7.91. The van der Waals surface area contributed by atoms with Crippen LogP contribution >= 0.6 is 0 Å². The molecule has 1 fully saturated rings. The molecule has 0 aromatic rings. The van der Waals surface area contributed by atoms with Crippen molar-refractivity contribution in [2.24, 2.45) is 17.8 Å². The number of hydrogen-bond donors (Lipinski definition) is 1. The van der Waals surface area contributed by atoms with E-state index in [0.717, 1.165) is 30.8 Å². The SMILES string of the molecule is CC(C)CNCC(C)C(C)N(C)CC1CCCC1. The van der Waals surface area contributed by atoms with Crippen LogP contribution in [-0.2, 0) is 0 Å². The van der Waals surface area contributed by atoms with E-state index in [1.54, 1.807) is 0 Å². The lowest BCUT2D eigenvalue weighted by molar-refractivity contribution is 0.170. The van der Waals surface area contributed by atoms with Crippen molar-refractivity contribution in [3.63, 3.8) is 0 Å². The van der Waals surface area contributed by atoms with Crippen LogP contribution in [-0.4, -0.2) is 37.6 Å². The number of rotatable bonds is 8. The lowest BCUT2D eigenvalue weighted by Gasteiger charge is -2.32. The Balaban J connectivity index is 2.21. The summed E-state index contributed by atoms with van der Waals surface area (Å²) >= 11 is 0. The van der Waals surface area contributed by atoms with Gasteiger partial charge in [0.25, 0.3) is 0 Å². The van der Waals surface area contributed by atoms with Gasteiger partial charge in [-0.1, -0.05) is 33.6 Å². The minimum Gasteiger partial charge on any atom is -0.316 e. The summed E-state index contributed by atoms with van der Waals surface area (Å²) in [7, 11) is 2.31. The lowest BCUT2D eigenvalue weighted by Crippen LogP contribution is -2.41. The van der Waals surface area contributed by atoms with Crippen molar-refractivity contribution < 1.29 is 0 Å². The van der Waals surface area contributed by atoms with Crippen molar-refractivity contribution in [1.82, 2.24) is 10.2 Å². The average molecular weight is 254 g/mol. The highest BCUT2D eigenvalue weighted by Gasteiger charge is 2.22. The highest BCUT2D eigenvalue weighted by atomic mass is 15.1. The van der Waals surface area contributed by atoms with E-state index in [9.17, 15) is 0 Å². The van der Waals surface area contributed by atoms with Crippen molar-refractivity contribution in [3.05, 3.63) is 0 Å². The highest BCUT2D eigenvalue weighted by molar-refractivity contribution is 4.77. The lowest BCUT2D eigenvalue weighted by atomic mass is 10.00. The van der Waals surface area contributed by atoms with Gasteiger partial charge in [0.1, 0.15) is 0 Å². The van der Waals surface area contributed by atoms with Crippen LogP contribution in [0.5, 0.6) is 0 Å². The Morgan fingerprint density at radius 1 is 1.06 bits per heavy atom. The number of hydrogen-bond acceptors (Lipinski definition) is 2. The van der Waals surface area contributed by atoms with E-state index in [0.29, 0.717) is 6.04 Å². The van der Waals surface area contributed by atoms with Crippen molar-refractivity contribution >= 4 is 0 Å². The molecule has 1 aliphatic carbocycles. The van der Waals surface area contributed by atoms with Gasteiger partial charge in [-0.3, -0.25) is 0 Å². The van der Waals surface area contributed by atoms with E-state index in [2.05, 4.69) is 45.0 Å². The van der Waals surface area contributed by atoms with E-state index < -0.39 is 0 Å². The molecule has 0 aromatic heterocycles. The zero-order valence-corrected chi connectivity index (χ0v) is 13.2. The van der Waals surface area contributed by atoms with E-state index >= 15 is 0 Å². The maximum Gasteiger partial charge on any atom is 0.0102 e. The molecular formula is C16H34N2. The maximum atomic E-state index is 3.59. The minimum absolute atomic E-state index is 0.685. The topological polar surface area (TPSA) is 15.3 Å². The fourth-order valence-electron chi connectivity index (χ4n) is 2.97. The second kappa shape index (κ2) is 8.16. The molecule has 1 rings (SSSR count). The van der Waals surface area contributed by atoms with E-state index in [4.69, 9.17) is 0 Å². The molecule has 0 spiro atoms. The molecule has 2 heteroatoms. The molecule has 0 aliphatic heterocycles. The smallest absolute Gasteiger partial charge is 0.0102 e. The molecule has 108 valence electrons. The van der Waals surface area contributed by atoms with Crippen LogP contribution in [0, 0.1) is 17.8 Å². The van der Waals surface area contributed by atoms with Gasteiger partial charge in [0.15, 0.2) is 0 Å². The molecule has 0 saturated heterocycles. The Morgan fingerprint density at radius 2 is 1.67 bits per heavy atom. The molecule has 18 heavy (non-hydrogen) atoms. The summed E-state index contributed by atoms with van der Waals surface area (Å²) in [5.41, 5.74) is 0. The molecule has 2 atom stereocenters. The van der Waals surface area contributed by atoms with Gasteiger partial charge in [-0.2, -0.15) is 0 Å². The summed E-state index contributed by atoms with van der Waals surface area (Å²) in [6.45, 7) is 12.9. The Morgan fingerprint density at radius 3 is 2.22 bits per heavy atom. The quantitative estimate of drug-likeness (QED) is 0.714. The molecule has 0 bridgehead atoms. The first-order chi connectivity index (χ1) is 8.50. The van der Waals surface area contributed by atoms with Gasteiger partial charge in [0, 0.05) is 12.6 Å². The second-order valence-electron chi connectivity index (χ2n) is 6.86. The van der Waals surface area contributed by atoms with Crippen molar-refractivity contribution in [2.75, 3.05) is 26.7 Å². The summed E-state index contributed by atoms with van der Waals surface area (Å²) in [6, 6.07) is 0.685. The molecule has 0 radical (unpaired) electrons. The van der Waals surface area contributed by atoms with Gasteiger partial charge in [0.05, 0.1) is 0 Å². The largest absolute Gasteiger partial charge is 0.316 e. The predicted molar refractivity (Wildman–Crippen MR) is 80.9 cm³/mol. The fourth-order valence-corrected chi connectivity index (χ4v) is 2.97. The number of nitrogens with one attached hydrogen (secondary N) is 1. The van der Waals surface area contributed by atoms with E-state index in [1.807, 2.05) is 0 Å². The summed E-state index contributed by atoms with van der Waals surface area (Å²) < 4.78 is 0. The minimum atomic E-state index is 0.685. The first kappa shape index (κ1) is 16.0. The van der Waals surface area contributed by atoms with Crippen LogP contribution in [0.1, 0.15) is 53.4 Å². The van der Waals surface area contributed by atoms with Crippen LogP contribution in [0.15, 0.2) is 0 Å². The van der Waals surface area contributed by atoms with Gasteiger partial charge >= 0.3 is 0 Å². The summed E-state index contributed by atoms with van der Waals surface area (Å²) in [5.74, 6) is 2.45. The summed E-state index contributed by atoms with van der Waals surface area (Å²) in [5, 5.41) is 3.59. The molecule has 1 aliphatic rings. The average Bonchev–Trinajstić information content (AvgIpc) is 2.80. The van der Waals surface area contributed by atoms with Crippen molar-refractivity contribution in [2.45, 2.75) is 59.4 Å². The molecule has 0 amide bonds. The van der Waals surface area contributed by atoms with E-state index in [1.165, 1.54) is 32.2 Å². The Kier molecular flexibility index (Phi) is 7.25. The van der Waals surface area contributed by atoms with Crippen molar-refractivity contribution in [3.8, 4) is 0 Å². The molecule has 2 nitrogen and oxygen atoms in total. The second-order valence-corrected chi connectivity index (χ2v) is 6.86. The molecule has 2 unspecified atom stereocenters. The maximum absolute atomic E-state index is 3.59. The fraction of sp³-hybridized carbons (Fsp3) is 1.00. The highest BCUT2D eigenvalue weighted by Crippen LogP contribution is 2.26. The zero-order valence-electron chi connectivity index (χ0n) is 13.2. The van der Waals surface area contributed by atoms with Gasteiger partial charge in [-0.15, -0.1) is 0 Å². The zero-order chi connectivity index (χ0) is 13.5. The van der Waals surface area contributed by atoms with E-state index in [-0.39, 0.29) is 0 Å². The van der Waals surface area contributed by atoms with Crippen LogP contribution < -0.4 is 5.32 Å². The van der Waals surface area contributed by atoms with Gasteiger partial charge in [-0.25, -0.2) is 0 Å². The van der Waals surface area contributed by atoms with Crippen LogP contribution in [0.2, 0.25) is 0 Å². The Labute approximate surface area is 115 Å². The molecular weight excluding hydrogens is 220 g/mol. The van der Waals surface area contributed by atoms with Crippen LogP contribution in [0.25, 0.3) is 0 Å². The molecule has 0 aromatic carbocycles. The molecule has 1 N–H and O–H groups in total.